The zero-order chi connectivity index (χ0) is 26.5. The van der Waals surface area contributed by atoms with E-state index in [0.29, 0.717) is 16.1 Å². The van der Waals surface area contributed by atoms with Crippen molar-refractivity contribution in [3.05, 3.63) is 93.4 Å². The van der Waals surface area contributed by atoms with Crippen LogP contribution in [0.4, 0.5) is 0 Å². The normalized spacial score (nSPS) is 12.2. The summed E-state index contributed by atoms with van der Waals surface area (Å²) in [6, 6.07) is 19.0. The number of hydrogen-bond donors (Lipinski definition) is 1. The molecule has 0 radical (unpaired) electrons. The van der Waals surface area contributed by atoms with E-state index in [9.17, 15) is 21.6 Å². The molecule has 0 heterocycles. The van der Waals surface area contributed by atoms with Crippen LogP contribution in [-0.4, -0.2) is 52.0 Å². The van der Waals surface area contributed by atoms with Crippen LogP contribution in [0.15, 0.2) is 87.1 Å². The summed E-state index contributed by atoms with van der Waals surface area (Å²) < 4.78 is 54.2. The third kappa shape index (κ3) is 7.15. The molecule has 3 aromatic rings. The Bertz CT molecular complexity index is 1410. The summed E-state index contributed by atoms with van der Waals surface area (Å²) in [4.78, 5) is 12.9. The maximum Gasteiger partial charge on any atom is 0.243 e. The van der Waals surface area contributed by atoms with E-state index >= 15 is 0 Å². The standard InChI is InChI=1S/C24H25BrClN3O5S2/c1-28(2)35(31,32)22-11-5-18(6-12-22)15-27-24(30)17-29(16-19-3-7-20(25)8-4-19)36(33,34)23-13-9-21(26)10-14-23/h3-14H,15-17H2,1-2H3,(H,27,30). The molecule has 0 spiro atoms. The second-order valence-corrected chi connectivity index (χ2v) is 13.5. The SMILES string of the molecule is CN(C)S(=O)(=O)c1ccc(CNC(=O)CN(Cc2ccc(Br)cc2)S(=O)(=O)c2ccc(Cl)cc2)cc1. The fourth-order valence-electron chi connectivity index (χ4n) is 3.18. The first-order chi connectivity index (χ1) is 16.9. The summed E-state index contributed by atoms with van der Waals surface area (Å²) in [5.41, 5.74) is 1.38. The van der Waals surface area contributed by atoms with Gasteiger partial charge in [0.25, 0.3) is 0 Å². The van der Waals surface area contributed by atoms with Crippen LogP contribution in [0.1, 0.15) is 11.1 Å². The lowest BCUT2D eigenvalue weighted by Crippen LogP contribution is -2.40. The summed E-state index contributed by atoms with van der Waals surface area (Å²) in [5.74, 6) is -0.505. The third-order valence-corrected chi connectivity index (χ3v) is 9.65. The Balaban J connectivity index is 1.75. The number of nitrogens with zero attached hydrogens (tertiary/aromatic N) is 2. The lowest BCUT2D eigenvalue weighted by molar-refractivity contribution is -0.121. The molecule has 36 heavy (non-hydrogen) atoms. The molecule has 12 heteroatoms. The largest absolute Gasteiger partial charge is 0.351 e. The number of carbonyl (C=O) groups excluding carboxylic acids is 1. The van der Waals surface area contributed by atoms with E-state index in [0.717, 1.165) is 13.1 Å². The van der Waals surface area contributed by atoms with Crippen LogP contribution >= 0.6 is 27.5 Å². The van der Waals surface area contributed by atoms with E-state index in [1.165, 1.54) is 50.5 Å². The summed E-state index contributed by atoms with van der Waals surface area (Å²) in [6.45, 7) is -0.314. The summed E-state index contributed by atoms with van der Waals surface area (Å²) in [7, 11) is -4.67. The fourth-order valence-corrected chi connectivity index (χ4v) is 5.86. The molecule has 0 aliphatic carbocycles. The lowest BCUT2D eigenvalue weighted by Gasteiger charge is -2.22. The highest BCUT2D eigenvalue weighted by molar-refractivity contribution is 9.10. The van der Waals surface area contributed by atoms with E-state index in [4.69, 9.17) is 11.6 Å². The molecule has 0 aliphatic rings. The Labute approximate surface area is 225 Å². The van der Waals surface area contributed by atoms with E-state index < -0.39 is 32.5 Å². The van der Waals surface area contributed by atoms with Gasteiger partial charge in [0, 0.05) is 36.7 Å². The molecular formula is C24H25BrClN3O5S2. The number of sulfonamides is 2. The van der Waals surface area contributed by atoms with Crippen molar-refractivity contribution in [2.24, 2.45) is 0 Å². The molecule has 3 aromatic carbocycles. The number of amides is 1. The number of halogens is 2. The van der Waals surface area contributed by atoms with E-state index in [2.05, 4.69) is 21.2 Å². The van der Waals surface area contributed by atoms with Crippen molar-refractivity contribution in [2.45, 2.75) is 22.9 Å². The molecule has 0 unspecified atom stereocenters. The van der Waals surface area contributed by atoms with Crippen LogP contribution in [-0.2, 0) is 37.9 Å². The van der Waals surface area contributed by atoms with Gasteiger partial charge in [0.15, 0.2) is 0 Å². The van der Waals surface area contributed by atoms with Crippen LogP contribution < -0.4 is 5.32 Å². The maximum absolute atomic E-state index is 13.3. The second-order valence-electron chi connectivity index (χ2n) is 8.06. The Morgan fingerprint density at radius 2 is 1.31 bits per heavy atom. The zero-order valence-electron chi connectivity index (χ0n) is 19.6. The Hall–Kier alpha value is -2.28. The van der Waals surface area contributed by atoms with Crippen molar-refractivity contribution in [3.8, 4) is 0 Å². The van der Waals surface area contributed by atoms with Crippen LogP contribution in [0.2, 0.25) is 5.02 Å². The quantitative estimate of drug-likeness (QED) is 0.374. The van der Waals surface area contributed by atoms with Gasteiger partial charge in [-0.2, -0.15) is 4.31 Å². The molecule has 0 atom stereocenters. The van der Waals surface area contributed by atoms with Crippen molar-refractivity contribution in [1.82, 2.24) is 13.9 Å². The van der Waals surface area contributed by atoms with Crippen molar-refractivity contribution in [3.63, 3.8) is 0 Å². The molecule has 0 aromatic heterocycles. The molecule has 1 amide bonds. The molecule has 0 saturated heterocycles. The summed E-state index contributed by atoms with van der Waals surface area (Å²) in [5, 5.41) is 3.10. The highest BCUT2D eigenvalue weighted by Gasteiger charge is 2.27. The average molecular weight is 615 g/mol. The second kappa shape index (κ2) is 11.8. The molecule has 0 bridgehead atoms. The van der Waals surface area contributed by atoms with Gasteiger partial charge in [0.1, 0.15) is 0 Å². The first kappa shape index (κ1) is 28.3. The molecular weight excluding hydrogens is 590 g/mol. The molecule has 3 rings (SSSR count). The minimum atomic E-state index is -4.00. The Morgan fingerprint density at radius 1 is 0.806 bits per heavy atom. The van der Waals surface area contributed by atoms with Gasteiger partial charge in [0.2, 0.25) is 26.0 Å². The average Bonchev–Trinajstić information content (AvgIpc) is 2.84. The van der Waals surface area contributed by atoms with Gasteiger partial charge >= 0.3 is 0 Å². The Kier molecular flexibility index (Phi) is 9.31. The van der Waals surface area contributed by atoms with Gasteiger partial charge < -0.3 is 5.32 Å². The number of carbonyl (C=O) groups is 1. The monoisotopic (exact) mass is 613 g/mol. The van der Waals surface area contributed by atoms with E-state index in [-0.39, 0.29) is 22.9 Å². The minimum absolute atomic E-state index is 0.0112. The molecule has 0 aliphatic heterocycles. The minimum Gasteiger partial charge on any atom is -0.351 e. The van der Waals surface area contributed by atoms with Gasteiger partial charge in [-0.25, -0.2) is 21.1 Å². The topological polar surface area (TPSA) is 104 Å². The van der Waals surface area contributed by atoms with Crippen molar-refractivity contribution in [1.29, 1.82) is 0 Å². The van der Waals surface area contributed by atoms with Crippen LogP contribution in [0.5, 0.6) is 0 Å². The molecule has 0 saturated carbocycles. The number of nitrogens with one attached hydrogen (secondary N) is 1. The van der Waals surface area contributed by atoms with Gasteiger partial charge in [-0.1, -0.05) is 51.8 Å². The number of hydrogen-bond acceptors (Lipinski definition) is 5. The fraction of sp³-hybridized carbons (Fsp3) is 0.208. The molecule has 192 valence electrons. The van der Waals surface area contributed by atoms with E-state index in [1.54, 1.807) is 36.4 Å². The van der Waals surface area contributed by atoms with Crippen LogP contribution in [0, 0.1) is 0 Å². The van der Waals surface area contributed by atoms with Gasteiger partial charge in [-0.05, 0) is 59.7 Å². The highest BCUT2D eigenvalue weighted by Crippen LogP contribution is 2.21. The van der Waals surface area contributed by atoms with Gasteiger partial charge in [-0.15, -0.1) is 0 Å². The molecule has 8 nitrogen and oxygen atoms in total. The van der Waals surface area contributed by atoms with Crippen molar-refractivity contribution in [2.75, 3.05) is 20.6 Å². The molecule has 1 N–H and O–H groups in total. The highest BCUT2D eigenvalue weighted by atomic mass is 79.9. The number of rotatable bonds is 10. The van der Waals surface area contributed by atoms with Crippen molar-refractivity contribution < 1.29 is 21.6 Å². The Morgan fingerprint density at radius 3 is 1.86 bits per heavy atom. The summed E-state index contributed by atoms with van der Waals surface area (Å²) in [6.07, 6.45) is 0. The van der Waals surface area contributed by atoms with Crippen LogP contribution in [0.25, 0.3) is 0 Å². The summed E-state index contributed by atoms with van der Waals surface area (Å²) >= 11 is 9.26. The lowest BCUT2D eigenvalue weighted by atomic mass is 10.2. The third-order valence-electron chi connectivity index (χ3n) is 5.24. The predicted octanol–water partition coefficient (Wildman–Crippen LogP) is 3.86. The predicted molar refractivity (Wildman–Crippen MR) is 142 cm³/mol. The first-order valence-electron chi connectivity index (χ1n) is 10.7. The van der Waals surface area contributed by atoms with Crippen molar-refractivity contribution >= 4 is 53.5 Å². The smallest absolute Gasteiger partial charge is 0.243 e. The molecule has 0 fully saturated rings. The first-order valence-corrected chi connectivity index (χ1v) is 14.7. The van der Waals surface area contributed by atoms with Gasteiger partial charge in [0.05, 0.1) is 16.3 Å². The maximum atomic E-state index is 13.3. The zero-order valence-corrected chi connectivity index (χ0v) is 23.5. The number of benzene rings is 3. The van der Waals surface area contributed by atoms with E-state index in [1.807, 2.05) is 0 Å². The van der Waals surface area contributed by atoms with Gasteiger partial charge in [-0.3, -0.25) is 4.79 Å². The van der Waals surface area contributed by atoms with Crippen LogP contribution in [0.3, 0.4) is 0 Å².